The maximum absolute atomic E-state index is 13.3. The van der Waals surface area contributed by atoms with E-state index in [1.807, 2.05) is 19.2 Å². The minimum atomic E-state index is -0.542. The van der Waals surface area contributed by atoms with Crippen molar-refractivity contribution in [2.75, 3.05) is 25.0 Å². The number of benzene rings is 1. The van der Waals surface area contributed by atoms with E-state index in [1.165, 1.54) is 12.1 Å². The monoisotopic (exact) mass is 330 g/mol. The van der Waals surface area contributed by atoms with E-state index in [-0.39, 0.29) is 0 Å². The number of nitrogens with zero attached hydrogens (tertiary/aromatic N) is 6. The molecule has 1 aliphatic heterocycles. The molecule has 0 atom stereocenters. The zero-order valence-electron chi connectivity index (χ0n) is 13.1. The standard InChI is InChI=1S/C16H16F2N6/c1-22(7-11-4-12(17)6-13(18)5-11)14-8-23(9-14)16-3-2-15-20-19-10-24(15)21-16/h2-6,10,14H,7-9H2,1H3. The van der Waals surface area contributed by atoms with Gasteiger partial charge in [0.1, 0.15) is 23.8 Å². The fourth-order valence-corrected chi connectivity index (χ4v) is 2.93. The van der Waals surface area contributed by atoms with E-state index in [1.54, 1.807) is 10.8 Å². The first-order valence-electron chi connectivity index (χ1n) is 7.66. The molecule has 0 spiro atoms. The SMILES string of the molecule is CN(Cc1cc(F)cc(F)c1)C1CN(c2ccc3nncn3n2)C1. The van der Waals surface area contributed by atoms with E-state index in [4.69, 9.17) is 0 Å². The van der Waals surface area contributed by atoms with Crippen LogP contribution in [0.3, 0.4) is 0 Å². The lowest BCUT2D eigenvalue weighted by atomic mass is 10.1. The van der Waals surface area contributed by atoms with E-state index in [0.29, 0.717) is 23.8 Å². The second-order valence-corrected chi connectivity index (χ2v) is 6.08. The van der Waals surface area contributed by atoms with Gasteiger partial charge in [0.15, 0.2) is 5.65 Å². The van der Waals surface area contributed by atoms with Crippen LogP contribution in [-0.4, -0.2) is 50.9 Å². The van der Waals surface area contributed by atoms with Gasteiger partial charge in [-0.15, -0.1) is 15.3 Å². The van der Waals surface area contributed by atoms with Crippen LogP contribution in [0.1, 0.15) is 5.56 Å². The Kier molecular flexibility index (Phi) is 3.61. The normalized spacial score (nSPS) is 15.2. The van der Waals surface area contributed by atoms with Crippen LogP contribution in [0, 0.1) is 11.6 Å². The number of hydrogen-bond acceptors (Lipinski definition) is 5. The fraction of sp³-hybridized carbons (Fsp3) is 0.312. The van der Waals surface area contributed by atoms with Crippen LogP contribution in [0.15, 0.2) is 36.7 Å². The zero-order chi connectivity index (χ0) is 16.7. The lowest BCUT2D eigenvalue weighted by Crippen LogP contribution is -2.58. The summed E-state index contributed by atoms with van der Waals surface area (Å²) in [4.78, 5) is 4.24. The summed E-state index contributed by atoms with van der Waals surface area (Å²) in [5, 5.41) is 12.2. The molecule has 2 aromatic heterocycles. The van der Waals surface area contributed by atoms with E-state index in [2.05, 4.69) is 25.1 Å². The van der Waals surface area contributed by atoms with Crippen molar-refractivity contribution in [2.45, 2.75) is 12.6 Å². The van der Waals surface area contributed by atoms with Crippen LogP contribution in [-0.2, 0) is 6.54 Å². The van der Waals surface area contributed by atoms with Gasteiger partial charge < -0.3 is 4.90 Å². The molecule has 1 aromatic carbocycles. The molecule has 0 aliphatic carbocycles. The molecular formula is C16H16F2N6. The molecule has 3 aromatic rings. The molecule has 0 saturated carbocycles. The van der Waals surface area contributed by atoms with Crippen molar-refractivity contribution in [3.05, 3.63) is 53.9 Å². The van der Waals surface area contributed by atoms with Crippen LogP contribution in [0.5, 0.6) is 0 Å². The van der Waals surface area contributed by atoms with Crippen molar-refractivity contribution in [3.8, 4) is 0 Å². The van der Waals surface area contributed by atoms with Crippen LogP contribution < -0.4 is 4.90 Å². The van der Waals surface area contributed by atoms with Gasteiger partial charge in [-0.2, -0.15) is 4.52 Å². The zero-order valence-corrected chi connectivity index (χ0v) is 13.1. The van der Waals surface area contributed by atoms with E-state index in [9.17, 15) is 8.78 Å². The van der Waals surface area contributed by atoms with Gasteiger partial charge >= 0.3 is 0 Å². The van der Waals surface area contributed by atoms with Crippen LogP contribution in [0.2, 0.25) is 0 Å². The van der Waals surface area contributed by atoms with Crippen molar-refractivity contribution in [2.24, 2.45) is 0 Å². The molecule has 1 fully saturated rings. The number of halogens is 2. The Hall–Kier alpha value is -2.61. The lowest BCUT2D eigenvalue weighted by Gasteiger charge is -2.44. The largest absolute Gasteiger partial charge is 0.352 e. The van der Waals surface area contributed by atoms with E-state index >= 15 is 0 Å². The molecule has 0 N–H and O–H groups in total. The maximum Gasteiger partial charge on any atom is 0.177 e. The molecule has 8 heteroatoms. The van der Waals surface area contributed by atoms with Gasteiger partial charge in [0.25, 0.3) is 0 Å². The van der Waals surface area contributed by atoms with Crippen LogP contribution in [0.25, 0.3) is 5.65 Å². The fourth-order valence-electron chi connectivity index (χ4n) is 2.93. The summed E-state index contributed by atoms with van der Waals surface area (Å²) >= 11 is 0. The third kappa shape index (κ3) is 2.80. The number of anilines is 1. The summed E-state index contributed by atoms with van der Waals surface area (Å²) in [5.41, 5.74) is 1.35. The summed E-state index contributed by atoms with van der Waals surface area (Å²) in [6, 6.07) is 7.75. The molecule has 4 rings (SSSR count). The molecule has 0 radical (unpaired) electrons. The van der Waals surface area contributed by atoms with Gasteiger partial charge in [0.05, 0.1) is 0 Å². The quantitative estimate of drug-likeness (QED) is 0.729. The molecule has 0 amide bonds. The van der Waals surface area contributed by atoms with Crippen molar-refractivity contribution >= 4 is 11.5 Å². The van der Waals surface area contributed by atoms with Gasteiger partial charge in [-0.05, 0) is 36.9 Å². The Morgan fingerprint density at radius 2 is 1.92 bits per heavy atom. The summed E-state index contributed by atoms with van der Waals surface area (Å²) in [6.45, 7) is 2.13. The van der Waals surface area contributed by atoms with Crippen molar-refractivity contribution in [1.29, 1.82) is 0 Å². The second kappa shape index (κ2) is 5.79. The molecule has 0 unspecified atom stereocenters. The molecule has 0 bridgehead atoms. The molecule has 6 nitrogen and oxygen atoms in total. The van der Waals surface area contributed by atoms with Crippen molar-refractivity contribution in [1.82, 2.24) is 24.7 Å². The molecular weight excluding hydrogens is 314 g/mol. The van der Waals surface area contributed by atoms with Gasteiger partial charge in [0.2, 0.25) is 0 Å². The number of fused-ring (bicyclic) bond motifs is 1. The van der Waals surface area contributed by atoms with E-state index < -0.39 is 11.6 Å². The highest BCUT2D eigenvalue weighted by molar-refractivity contribution is 5.47. The number of aromatic nitrogens is 4. The molecule has 1 aliphatic rings. The lowest BCUT2D eigenvalue weighted by molar-refractivity contribution is 0.196. The number of likely N-dealkylation sites (N-methyl/N-ethyl adjacent to an activating group) is 1. The average molecular weight is 330 g/mol. The van der Waals surface area contributed by atoms with Gasteiger partial charge in [-0.1, -0.05) is 0 Å². The summed E-state index contributed by atoms with van der Waals surface area (Å²) in [6.07, 6.45) is 1.57. The molecule has 3 heterocycles. The highest BCUT2D eigenvalue weighted by atomic mass is 19.1. The summed E-state index contributed by atoms with van der Waals surface area (Å²) in [7, 11) is 1.96. The first-order chi connectivity index (χ1) is 11.6. The van der Waals surface area contributed by atoms with E-state index in [0.717, 1.165) is 25.0 Å². The number of rotatable bonds is 4. The van der Waals surface area contributed by atoms with Crippen LogP contribution in [0.4, 0.5) is 14.6 Å². The average Bonchev–Trinajstić information content (AvgIpc) is 2.92. The highest BCUT2D eigenvalue weighted by Crippen LogP contribution is 2.22. The van der Waals surface area contributed by atoms with Gasteiger partial charge in [0, 0.05) is 31.7 Å². The summed E-state index contributed by atoms with van der Waals surface area (Å²) < 4.78 is 28.2. The Balaban J connectivity index is 1.39. The maximum atomic E-state index is 13.3. The third-order valence-electron chi connectivity index (χ3n) is 4.31. The summed E-state index contributed by atoms with van der Waals surface area (Å²) in [5.74, 6) is -0.219. The smallest absolute Gasteiger partial charge is 0.177 e. The third-order valence-corrected chi connectivity index (χ3v) is 4.31. The molecule has 1 saturated heterocycles. The Bertz CT molecular complexity index is 854. The Morgan fingerprint density at radius 3 is 2.67 bits per heavy atom. The number of hydrogen-bond donors (Lipinski definition) is 0. The minimum Gasteiger partial charge on any atom is -0.352 e. The first-order valence-corrected chi connectivity index (χ1v) is 7.66. The predicted octanol–water partition coefficient (Wildman–Crippen LogP) is 1.72. The predicted molar refractivity (Wildman–Crippen MR) is 84.6 cm³/mol. The molecule has 24 heavy (non-hydrogen) atoms. The highest BCUT2D eigenvalue weighted by Gasteiger charge is 2.31. The van der Waals surface area contributed by atoms with Gasteiger partial charge in [-0.3, -0.25) is 4.90 Å². The van der Waals surface area contributed by atoms with Crippen molar-refractivity contribution in [3.63, 3.8) is 0 Å². The van der Waals surface area contributed by atoms with Crippen molar-refractivity contribution < 1.29 is 8.78 Å². The topological polar surface area (TPSA) is 49.6 Å². The second-order valence-electron chi connectivity index (χ2n) is 6.08. The first kappa shape index (κ1) is 14.9. The minimum absolute atomic E-state index is 0.315. The molecule has 124 valence electrons. The van der Waals surface area contributed by atoms with Gasteiger partial charge in [-0.25, -0.2) is 8.78 Å². The Labute approximate surface area is 137 Å². The van der Waals surface area contributed by atoms with Crippen LogP contribution >= 0.6 is 0 Å². The Morgan fingerprint density at radius 1 is 1.17 bits per heavy atom.